The summed E-state index contributed by atoms with van der Waals surface area (Å²) in [7, 11) is 0. The summed E-state index contributed by atoms with van der Waals surface area (Å²) in [5.74, 6) is 0.729. The number of para-hydroxylation sites is 2. The summed E-state index contributed by atoms with van der Waals surface area (Å²) in [5, 5.41) is 6.19. The number of piperazine rings is 1. The molecule has 2 N–H and O–H groups in total. The van der Waals surface area contributed by atoms with E-state index in [4.69, 9.17) is 4.74 Å². The van der Waals surface area contributed by atoms with Crippen LogP contribution in [0.4, 0.5) is 5.69 Å². The molecule has 0 saturated carbocycles. The topological polar surface area (TPSA) is 53.6 Å². The number of nitrogens with zero attached hydrogens (tertiary/aromatic N) is 1. The van der Waals surface area contributed by atoms with E-state index in [9.17, 15) is 4.79 Å². The van der Waals surface area contributed by atoms with Crippen LogP contribution in [-0.2, 0) is 4.79 Å². The van der Waals surface area contributed by atoms with E-state index in [0.29, 0.717) is 13.2 Å². The van der Waals surface area contributed by atoms with Gasteiger partial charge in [0.25, 0.3) is 0 Å². The number of ether oxygens (including phenoxy) is 1. The molecule has 1 aliphatic rings. The Balaban J connectivity index is 1.90. The summed E-state index contributed by atoms with van der Waals surface area (Å²) in [6, 6.07) is 7.52. The van der Waals surface area contributed by atoms with Gasteiger partial charge in [0.2, 0.25) is 5.91 Å². The molecule has 0 aliphatic carbocycles. The Hall–Kier alpha value is -1.59. The number of anilines is 1. The number of hydrogen-bond donors (Lipinski definition) is 2. The molecule has 1 amide bonds. The van der Waals surface area contributed by atoms with Gasteiger partial charge in [0, 0.05) is 26.2 Å². The highest BCUT2D eigenvalue weighted by molar-refractivity contribution is 5.93. The van der Waals surface area contributed by atoms with E-state index < -0.39 is 0 Å². The number of carbonyl (C=O) groups is 1. The fraction of sp³-hybridized carbons (Fsp3) is 0.500. The van der Waals surface area contributed by atoms with Crippen molar-refractivity contribution in [1.29, 1.82) is 0 Å². The van der Waals surface area contributed by atoms with E-state index in [1.807, 2.05) is 31.2 Å². The van der Waals surface area contributed by atoms with Crippen molar-refractivity contribution < 1.29 is 9.53 Å². The highest BCUT2D eigenvalue weighted by atomic mass is 16.5. The number of rotatable bonds is 5. The van der Waals surface area contributed by atoms with Gasteiger partial charge in [-0.25, -0.2) is 0 Å². The first-order chi connectivity index (χ1) is 9.29. The van der Waals surface area contributed by atoms with Crippen LogP contribution in [-0.4, -0.2) is 50.1 Å². The fourth-order valence-electron chi connectivity index (χ4n) is 2.11. The zero-order valence-electron chi connectivity index (χ0n) is 11.3. The Bertz CT molecular complexity index is 417. The predicted octanol–water partition coefficient (Wildman–Crippen LogP) is 0.929. The molecule has 0 bridgehead atoms. The maximum atomic E-state index is 12.0. The van der Waals surface area contributed by atoms with Crippen LogP contribution in [0.15, 0.2) is 24.3 Å². The third kappa shape index (κ3) is 4.22. The van der Waals surface area contributed by atoms with Crippen molar-refractivity contribution in [1.82, 2.24) is 10.2 Å². The average Bonchev–Trinajstić information content (AvgIpc) is 2.42. The third-order valence-corrected chi connectivity index (χ3v) is 3.04. The number of amides is 1. The molecule has 1 saturated heterocycles. The first-order valence-electron chi connectivity index (χ1n) is 6.74. The Morgan fingerprint density at radius 3 is 2.84 bits per heavy atom. The minimum Gasteiger partial charge on any atom is -0.492 e. The van der Waals surface area contributed by atoms with Crippen molar-refractivity contribution in [2.24, 2.45) is 0 Å². The molecule has 1 aliphatic heterocycles. The van der Waals surface area contributed by atoms with E-state index in [1.165, 1.54) is 0 Å². The van der Waals surface area contributed by atoms with Crippen LogP contribution in [0, 0.1) is 0 Å². The molecule has 1 aromatic carbocycles. The second kappa shape index (κ2) is 7.11. The Morgan fingerprint density at radius 2 is 2.11 bits per heavy atom. The van der Waals surface area contributed by atoms with Crippen molar-refractivity contribution in [2.45, 2.75) is 6.92 Å². The Kier molecular flexibility index (Phi) is 5.18. The van der Waals surface area contributed by atoms with E-state index >= 15 is 0 Å². The molecule has 19 heavy (non-hydrogen) atoms. The van der Waals surface area contributed by atoms with E-state index in [0.717, 1.165) is 37.6 Å². The molecular weight excluding hydrogens is 242 g/mol. The molecule has 0 unspecified atom stereocenters. The van der Waals surface area contributed by atoms with Gasteiger partial charge in [0.1, 0.15) is 5.75 Å². The van der Waals surface area contributed by atoms with Gasteiger partial charge in [-0.05, 0) is 19.1 Å². The van der Waals surface area contributed by atoms with Crippen LogP contribution < -0.4 is 15.4 Å². The quantitative estimate of drug-likeness (QED) is 0.830. The largest absolute Gasteiger partial charge is 0.492 e. The molecular formula is C14H21N3O2. The van der Waals surface area contributed by atoms with Gasteiger partial charge in [0.05, 0.1) is 18.8 Å². The van der Waals surface area contributed by atoms with Crippen LogP contribution in [0.3, 0.4) is 0 Å². The summed E-state index contributed by atoms with van der Waals surface area (Å²) in [4.78, 5) is 14.2. The fourth-order valence-corrected chi connectivity index (χ4v) is 2.11. The second-order valence-corrected chi connectivity index (χ2v) is 4.50. The molecule has 5 nitrogen and oxygen atoms in total. The van der Waals surface area contributed by atoms with Crippen molar-refractivity contribution in [2.75, 3.05) is 44.6 Å². The van der Waals surface area contributed by atoms with E-state index in [-0.39, 0.29) is 5.91 Å². The van der Waals surface area contributed by atoms with Crippen LogP contribution in [0.1, 0.15) is 6.92 Å². The highest BCUT2D eigenvalue weighted by Gasteiger charge is 2.14. The molecule has 1 heterocycles. The van der Waals surface area contributed by atoms with Gasteiger partial charge in [-0.3, -0.25) is 9.69 Å². The van der Waals surface area contributed by atoms with Crippen molar-refractivity contribution in [3.05, 3.63) is 24.3 Å². The minimum absolute atomic E-state index is 0.00838. The standard InChI is InChI=1S/C14H21N3O2/c1-2-19-13-6-4-3-5-12(13)16-14(18)11-17-9-7-15-8-10-17/h3-6,15H,2,7-11H2,1H3,(H,16,18). The van der Waals surface area contributed by atoms with Crippen LogP contribution in [0.5, 0.6) is 5.75 Å². The lowest BCUT2D eigenvalue weighted by Crippen LogP contribution is -2.46. The van der Waals surface area contributed by atoms with Gasteiger partial charge >= 0.3 is 0 Å². The van der Waals surface area contributed by atoms with Gasteiger partial charge in [-0.15, -0.1) is 0 Å². The summed E-state index contributed by atoms with van der Waals surface area (Å²) >= 11 is 0. The van der Waals surface area contributed by atoms with Crippen molar-refractivity contribution in [3.63, 3.8) is 0 Å². The normalized spacial score (nSPS) is 16.1. The van der Waals surface area contributed by atoms with E-state index in [1.54, 1.807) is 0 Å². The molecule has 1 aromatic rings. The Labute approximate surface area is 113 Å². The Morgan fingerprint density at radius 1 is 1.37 bits per heavy atom. The summed E-state index contributed by atoms with van der Waals surface area (Å²) in [5.41, 5.74) is 0.740. The smallest absolute Gasteiger partial charge is 0.238 e. The predicted molar refractivity (Wildman–Crippen MR) is 75.6 cm³/mol. The first kappa shape index (κ1) is 13.8. The number of benzene rings is 1. The van der Waals surface area contributed by atoms with Crippen LogP contribution in [0.2, 0.25) is 0 Å². The molecule has 0 spiro atoms. The third-order valence-electron chi connectivity index (χ3n) is 3.04. The minimum atomic E-state index is 0.00838. The van der Waals surface area contributed by atoms with E-state index in [2.05, 4.69) is 15.5 Å². The average molecular weight is 263 g/mol. The molecule has 104 valence electrons. The maximum absolute atomic E-state index is 12.0. The lowest BCUT2D eigenvalue weighted by Gasteiger charge is -2.26. The first-order valence-corrected chi connectivity index (χ1v) is 6.74. The molecule has 2 rings (SSSR count). The maximum Gasteiger partial charge on any atom is 0.238 e. The SMILES string of the molecule is CCOc1ccccc1NC(=O)CN1CCNCC1. The summed E-state index contributed by atoms with van der Waals surface area (Å²) in [6.07, 6.45) is 0. The zero-order chi connectivity index (χ0) is 13.5. The lowest BCUT2D eigenvalue weighted by molar-refractivity contribution is -0.117. The summed E-state index contributed by atoms with van der Waals surface area (Å²) < 4.78 is 5.49. The van der Waals surface area contributed by atoms with Crippen LogP contribution >= 0.6 is 0 Å². The number of nitrogens with one attached hydrogen (secondary N) is 2. The zero-order valence-corrected chi connectivity index (χ0v) is 11.3. The second-order valence-electron chi connectivity index (χ2n) is 4.50. The molecule has 0 aromatic heterocycles. The highest BCUT2D eigenvalue weighted by Crippen LogP contribution is 2.23. The molecule has 0 atom stereocenters. The molecule has 1 fully saturated rings. The van der Waals surface area contributed by atoms with Crippen molar-refractivity contribution >= 4 is 11.6 Å². The molecule has 5 heteroatoms. The summed E-state index contributed by atoms with van der Waals surface area (Å²) in [6.45, 7) is 6.68. The monoisotopic (exact) mass is 263 g/mol. The van der Waals surface area contributed by atoms with Crippen LogP contribution in [0.25, 0.3) is 0 Å². The van der Waals surface area contributed by atoms with Crippen molar-refractivity contribution in [3.8, 4) is 5.75 Å². The van der Waals surface area contributed by atoms with Gasteiger partial charge in [0.15, 0.2) is 0 Å². The number of hydrogen-bond acceptors (Lipinski definition) is 4. The van der Waals surface area contributed by atoms with Gasteiger partial charge in [-0.2, -0.15) is 0 Å². The van der Waals surface area contributed by atoms with Gasteiger partial charge in [-0.1, -0.05) is 12.1 Å². The van der Waals surface area contributed by atoms with Gasteiger partial charge < -0.3 is 15.4 Å². The number of carbonyl (C=O) groups excluding carboxylic acids is 1. The lowest BCUT2D eigenvalue weighted by atomic mass is 10.3. The molecule has 0 radical (unpaired) electrons.